The molecule has 0 aliphatic carbocycles. The Morgan fingerprint density at radius 2 is 1.76 bits per heavy atom. The molecule has 1 atom stereocenters. The predicted molar refractivity (Wildman–Crippen MR) is 85.4 cm³/mol. The third kappa shape index (κ3) is 3.85. The number of hydrogen-bond donors (Lipinski definition) is 1. The summed E-state index contributed by atoms with van der Waals surface area (Å²) in [5.41, 5.74) is 4.11. The van der Waals surface area contributed by atoms with Gasteiger partial charge in [-0.3, -0.25) is 0 Å². The molecule has 2 aromatic carbocycles. The highest BCUT2D eigenvalue weighted by molar-refractivity contribution is 5.81. The fourth-order valence-corrected chi connectivity index (χ4v) is 2.15. The molecular weight excluding hydrogens is 262 g/mol. The number of esters is 1. The molecule has 0 spiro atoms. The van der Waals surface area contributed by atoms with Crippen molar-refractivity contribution in [1.82, 2.24) is 0 Å². The summed E-state index contributed by atoms with van der Waals surface area (Å²) < 4.78 is 5.20. The number of hydrogen-bond acceptors (Lipinski definition) is 3. The number of carbonyl (C=O) groups is 1. The second-order valence-electron chi connectivity index (χ2n) is 5.06. The predicted octanol–water partition coefficient (Wildman–Crippen LogP) is 4.02. The summed E-state index contributed by atoms with van der Waals surface area (Å²) in [7, 11) is 0. The maximum Gasteiger partial charge on any atom is 0.333 e. The SMILES string of the molecule is CCOC(=O)C(Nc1ccccc1C)c1ccc(C)cc1. The van der Waals surface area contributed by atoms with Crippen molar-refractivity contribution < 1.29 is 9.53 Å². The lowest BCUT2D eigenvalue weighted by molar-refractivity contribution is -0.144. The Balaban J connectivity index is 2.30. The molecule has 0 bridgehead atoms. The molecule has 0 aliphatic rings. The molecular formula is C18H21NO2. The van der Waals surface area contributed by atoms with Gasteiger partial charge in [0.1, 0.15) is 0 Å². The lowest BCUT2D eigenvalue weighted by Gasteiger charge is -2.20. The Morgan fingerprint density at radius 1 is 1.10 bits per heavy atom. The molecule has 0 aromatic heterocycles. The molecule has 1 N–H and O–H groups in total. The van der Waals surface area contributed by atoms with Gasteiger partial charge in [0.05, 0.1) is 6.61 Å². The van der Waals surface area contributed by atoms with E-state index in [1.165, 1.54) is 0 Å². The van der Waals surface area contributed by atoms with E-state index in [9.17, 15) is 4.79 Å². The number of carbonyl (C=O) groups excluding carboxylic acids is 1. The summed E-state index contributed by atoms with van der Waals surface area (Å²) in [5.74, 6) is -0.260. The second-order valence-corrected chi connectivity index (χ2v) is 5.06. The molecule has 0 saturated carbocycles. The Morgan fingerprint density at radius 3 is 2.38 bits per heavy atom. The van der Waals surface area contributed by atoms with Gasteiger partial charge < -0.3 is 10.1 Å². The van der Waals surface area contributed by atoms with Gasteiger partial charge in [0, 0.05) is 5.69 Å². The van der Waals surface area contributed by atoms with E-state index in [0.29, 0.717) is 6.61 Å². The van der Waals surface area contributed by atoms with Crippen LogP contribution >= 0.6 is 0 Å². The van der Waals surface area contributed by atoms with Crippen molar-refractivity contribution in [3.63, 3.8) is 0 Å². The first-order chi connectivity index (χ1) is 10.1. The summed E-state index contributed by atoms with van der Waals surface area (Å²) in [5, 5.41) is 3.29. The zero-order valence-electron chi connectivity index (χ0n) is 12.7. The molecule has 0 aliphatic heterocycles. The third-order valence-corrected chi connectivity index (χ3v) is 3.38. The molecule has 0 saturated heterocycles. The monoisotopic (exact) mass is 283 g/mol. The van der Waals surface area contributed by atoms with Crippen LogP contribution in [-0.2, 0) is 9.53 Å². The minimum Gasteiger partial charge on any atom is -0.464 e. The first-order valence-electron chi connectivity index (χ1n) is 7.17. The standard InChI is InChI=1S/C18H21NO2/c1-4-21-18(20)17(15-11-9-13(2)10-12-15)19-16-8-6-5-7-14(16)3/h5-12,17,19H,4H2,1-3H3. The van der Waals surface area contributed by atoms with Gasteiger partial charge in [0.15, 0.2) is 6.04 Å². The second kappa shape index (κ2) is 6.93. The van der Waals surface area contributed by atoms with E-state index in [2.05, 4.69) is 5.32 Å². The highest BCUT2D eigenvalue weighted by Crippen LogP contribution is 2.23. The Hall–Kier alpha value is -2.29. The smallest absolute Gasteiger partial charge is 0.333 e. The van der Waals surface area contributed by atoms with E-state index in [-0.39, 0.29) is 5.97 Å². The van der Waals surface area contributed by atoms with Gasteiger partial charge in [-0.15, -0.1) is 0 Å². The molecule has 1 unspecified atom stereocenters. The van der Waals surface area contributed by atoms with Crippen LogP contribution in [0.2, 0.25) is 0 Å². The molecule has 3 heteroatoms. The topological polar surface area (TPSA) is 38.3 Å². The van der Waals surface area contributed by atoms with Crippen molar-refractivity contribution in [3.05, 3.63) is 65.2 Å². The zero-order valence-corrected chi connectivity index (χ0v) is 12.7. The number of anilines is 1. The van der Waals surface area contributed by atoms with Gasteiger partial charge in [-0.05, 0) is 38.0 Å². The fourth-order valence-electron chi connectivity index (χ4n) is 2.15. The van der Waals surface area contributed by atoms with Crippen LogP contribution in [-0.4, -0.2) is 12.6 Å². The van der Waals surface area contributed by atoms with E-state index in [1.54, 1.807) is 0 Å². The average molecular weight is 283 g/mol. The van der Waals surface area contributed by atoms with Crippen molar-refractivity contribution in [1.29, 1.82) is 0 Å². The Bertz CT molecular complexity index is 605. The van der Waals surface area contributed by atoms with Gasteiger partial charge in [-0.25, -0.2) is 4.79 Å². The van der Waals surface area contributed by atoms with Crippen LogP contribution in [0.1, 0.15) is 29.7 Å². The number of para-hydroxylation sites is 1. The maximum atomic E-state index is 12.3. The van der Waals surface area contributed by atoms with Gasteiger partial charge in [0.2, 0.25) is 0 Å². The van der Waals surface area contributed by atoms with E-state index in [0.717, 1.165) is 22.4 Å². The van der Waals surface area contributed by atoms with Crippen LogP contribution < -0.4 is 5.32 Å². The zero-order chi connectivity index (χ0) is 15.2. The molecule has 3 nitrogen and oxygen atoms in total. The fraction of sp³-hybridized carbons (Fsp3) is 0.278. The Labute approximate surface area is 126 Å². The molecule has 0 fully saturated rings. The highest BCUT2D eigenvalue weighted by atomic mass is 16.5. The lowest BCUT2D eigenvalue weighted by Crippen LogP contribution is -2.23. The minimum absolute atomic E-state index is 0.260. The summed E-state index contributed by atoms with van der Waals surface area (Å²) in [6.45, 7) is 6.23. The van der Waals surface area contributed by atoms with Gasteiger partial charge in [0.25, 0.3) is 0 Å². The number of benzene rings is 2. The quantitative estimate of drug-likeness (QED) is 0.842. The van der Waals surface area contributed by atoms with E-state index < -0.39 is 6.04 Å². The molecule has 21 heavy (non-hydrogen) atoms. The van der Waals surface area contributed by atoms with Gasteiger partial charge in [-0.1, -0.05) is 48.0 Å². The number of rotatable bonds is 5. The van der Waals surface area contributed by atoms with Crippen molar-refractivity contribution >= 4 is 11.7 Å². The van der Waals surface area contributed by atoms with Crippen LogP contribution in [0.3, 0.4) is 0 Å². The summed E-state index contributed by atoms with van der Waals surface area (Å²) in [6.07, 6.45) is 0. The van der Waals surface area contributed by atoms with Crippen molar-refractivity contribution in [2.45, 2.75) is 26.8 Å². The lowest BCUT2D eigenvalue weighted by atomic mass is 10.0. The summed E-state index contributed by atoms with van der Waals surface area (Å²) >= 11 is 0. The van der Waals surface area contributed by atoms with Gasteiger partial charge in [-0.2, -0.15) is 0 Å². The van der Waals surface area contributed by atoms with Crippen molar-refractivity contribution in [3.8, 4) is 0 Å². The molecule has 0 heterocycles. The normalized spacial score (nSPS) is 11.8. The minimum atomic E-state index is -0.494. The largest absolute Gasteiger partial charge is 0.464 e. The van der Waals surface area contributed by atoms with E-state index in [4.69, 9.17) is 4.74 Å². The number of aryl methyl sites for hydroxylation is 2. The molecule has 2 rings (SSSR count). The van der Waals surface area contributed by atoms with E-state index in [1.807, 2.05) is 69.3 Å². The van der Waals surface area contributed by atoms with Crippen LogP contribution in [0.4, 0.5) is 5.69 Å². The first kappa shape index (κ1) is 15.1. The van der Waals surface area contributed by atoms with Crippen molar-refractivity contribution in [2.24, 2.45) is 0 Å². The Kier molecular flexibility index (Phi) is 4.99. The van der Waals surface area contributed by atoms with Crippen molar-refractivity contribution in [2.75, 3.05) is 11.9 Å². The maximum absolute atomic E-state index is 12.3. The van der Waals surface area contributed by atoms with Gasteiger partial charge >= 0.3 is 5.97 Å². The van der Waals surface area contributed by atoms with Crippen LogP contribution in [0.25, 0.3) is 0 Å². The molecule has 0 radical (unpaired) electrons. The summed E-state index contributed by atoms with van der Waals surface area (Å²) in [4.78, 5) is 12.3. The first-order valence-corrected chi connectivity index (χ1v) is 7.17. The van der Waals surface area contributed by atoms with Crippen LogP contribution in [0.5, 0.6) is 0 Å². The number of ether oxygens (including phenoxy) is 1. The van der Waals surface area contributed by atoms with Crippen LogP contribution in [0, 0.1) is 13.8 Å². The molecule has 110 valence electrons. The van der Waals surface area contributed by atoms with Crippen LogP contribution in [0.15, 0.2) is 48.5 Å². The number of nitrogens with one attached hydrogen (secondary N) is 1. The third-order valence-electron chi connectivity index (χ3n) is 3.38. The molecule has 2 aromatic rings. The highest BCUT2D eigenvalue weighted by Gasteiger charge is 2.22. The van der Waals surface area contributed by atoms with E-state index >= 15 is 0 Å². The molecule has 0 amide bonds. The average Bonchev–Trinajstić information content (AvgIpc) is 2.48. The summed E-state index contributed by atoms with van der Waals surface area (Å²) in [6, 6.07) is 15.3.